The molecule has 1 saturated heterocycles. The smallest absolute Gasteiger partial charge is 0.325 e. The van der Waals surface area contributed by atoms with Crippen LogP contribution in [-0.2, 0) is 19.2 Å². The van der Waals surface area contributed by atoms with E-state index in [0.29, 0.717) is 11.7 Å². The molecule has 10 heteroatoms. The topological polar surface area (TPSA) is 133 Å². The maximum absolute atomic E-state index is 12.0. The van der Waals surface area contributed by atoms with Crippen molar-refractivity contribution in [3.8, 4) is 0 Å². The summed E-state index contributed by atoms with van der Waals surface area (Å²) in [6.07, 6.45) is 3.41. The van der Waals surface area contributed by atoms with Crippen LogP contribution in [0.1, 0.15) is 45.4 Å². The molecule has 1 fully saturated rings. The lowest BCUT2D eigenvalue weighted by molar-refractivity contribution is -0.143. The van der Waals surface area contributed by atoms with E-state index < -0.39 is 42.3 Å². The van der Waals surface area contributed by atoms with Crippen molar-refractivity contribution >= 4 is 45.3 Å². The molecule has 0 bridgehead atoms. The van der Waals surface area contributed by atoms with Crippen molar-refractivity contribution < 1.29 is 29.4 Å². The van der Waals surface area contributed by atoms with E-state index in [1.165, 1.54) is 13.3 Å². The lowest BCUT2D eigenvalue weighted by Crippen LogP contribution is -2.51. The number of hydrogen-bond acceptors (Lipinski definition) is 6. The Bertz CT molecular complexity index is 496. The van der Waals surface area contributed by atoms with Crippen molar-refractivity contribution in [2.45, 2.75) is 62.8 Å². The highest BCUT2D eigenvalue weighted by molar-refractivity contribution is 8.77. The molecule has 2 amide bonds. The summed E-state index contributed by atoms with van der Waals surface area (Å²) in [5.74, 6) is -2.55. The fourth-order valence-corrected chi connectivity index (χ4v) is 5.28. The molecular formula is C15H24N2O6S2. The van der Waals surface area contributed by atoms with Gasteiger partial charge in [-0.15, -0.1) is 0 Å². The zero-order chi connectivity index (χ0) is 18.8. The van der Waals surface area contributed by atoms with Gasteiger partial charge in [-0.3, -0.25) is 19.2 Å². The van der Waals surface area contributed by atoms with Gasteiger partial charge in [0.15, 0.2) is 0 Å². The molecule has 142 valence electrons. The zero-order valence-electron chi connectivity index (χ0n) is 14.0. The molecule has 0 aromatic rings. The third-order valence-corrected chi connectivity index (χ3v) is 6.67. The van der Waals surface area contributed by atoms with Crippen molar-refractivity contribution in [2.75, 3.05) is 5.75 Å². The second kappa shape index (κ2) is 11.2. The molecule has 0 radical (unpaired) electrons. The first-order chi connectivity index (χ1) is 11.8. The predicted molar refractivity (Wildman–Crippen MR) is 96.3 cm³/mol. The Balaban J connectivity index is 2.38. The van der Waals surface area contributed by atoms with Crippen molar-refractivity contribution in [1.29, 1.82) is 0 Å². The summed E-state index contributed by atoms with van der Waals surface area (Å²) in [5, 5.41) is 22.9. The second-order valence-electron chi connectivity index (χ2n) is 5.86. The zero-order valence-corrected chi connectivity index (χ0v) is 15.7. The van der Waals surface area contributed by atoms with Gasteiger partial charge in [0.25, 0.3) is 0 Å². The number of carbonyl (C=O) groups excluding carboxylic acids is 2. The Morgan fingerprint density at radius 3 is 2.44 bits per heavy atom. The van der Waals surface area contributed by atoms with Crippen molar-refractivity contribution in [1.82, 2.24) is 10.6 Å². The van der Waals surface area contributed by atoms with Crippen molar-refractivity contribution in [3.05, 3.63) is 0 Å². The first-order valence-corrected chi connectivity index (χ1v) is 10.5. The molecule has 3 atom stereocenters. The van der Waals surface area contributed by atoms with E-state index in [1.807, 2.05) is 21.6 Å². The Kier molecular flexibility index (Phi) is 9.73. The minimum atomic E-state index is -1.28. The number of carboxylic acid groups (broad SMARTS) is 2. The van der Waals surface area contributed by atoms with E-state index in [9.17, 15) is 19.2 Å². The molecule has 1 heterocycles. The van der Waals surface area contributed by atoms with E-state index in [-0.39, 0.29) is 6.42 Å². The lowest BCUT2D eigenvalue weighted by atomic mass is 10.1. The summed E-state index contributed by atoms with van der Waals surface area (Å²) < 4.78 is 0. The molecule has 0 saturated carbocycles. The number of unbranched alkanes of at least 4 members (excludes halogenated alkanes) is 1. The van der Waals surface area contributed by atoms with Gasteiger partial charge >= 0.3 is 11.9 Å². The average molecular weight is 392 g/mol. The van der Waals surface area contributed by atoms with Crippen LogP contribution in [0.15, 0.2) is 0 Å². The van der Waals surface area contributed by atoms with Crippen LogP contribution in [0, 0.1) is 0 Å². The van der Waals surface area contributed by atoms with Crippen LogP contribution in [-0.4, -0.2) is 57.1 Å². The van der Waals surface area contributed by atoms with Gasteiger partial charge in [0, 0.05) is 17.4 Å². The number of hydrogen-bond donors (Lipinski definition) is 4. The molecule has 4 N–H and O–H groups in total. The minimum Gasteiger partial charge on any atom is -0.481 e. The van der Waals surface area contributed by atoms with Gasteiger partial charge in [-0.2, -0.15) is 0 Å². The van der Waals surface area contributed by atoms with Gasteiger partial charge in [0.05, 0.1) is 6.42 Å². The third-order valence-electron chi connectivity index (χ3n) is 3.67. The number of nitrogens with one attached hydrogen (secondary N) is 2. The molecule has 0 aliphatic carbocycles. The Hall–Kier alpha value is -1.42. The second-order valence-corrected chi connectivity index (χ2v) is 8.65. The van der Waals surface area contributed by atoms with Gasteiger partial charge in [-0.1, -0.05) is 28.0 Å². The maximum atomic E-state index is 12.0. The van der Waals surface area contributed by atoms with Crippen molar-refractivity contribution in [2.24, 2.45) is 0 Å². The van der Waals surface area contributed by atoms with Crippen LogP contribution in [0.25, 0.3) is 0 Å². The molecule has 0 aromatic heterocycles. The summed E-state index contributed by atoms with van der Waals surface area (Å²) in [7, 11) is 3.75. The van der Waals surface area contributed by atoms with Crippen LogP contribution in [0.5, 0.6) is 0 Å². The van der Waals surface area contributed by atoms with E-state index in [0.717, 1.165) is 18.6 Å². The minimum absolute atomic E-state index is 0.211. The van der Waals surface area contributed by atoms with Gasteiger partial charge < -0.3 is 20.8 Å². The van der Waals surface area contributed by atoms with Gasteiger partial charge in [-0.25, -0.2) is 0 Å². The highest BCUT2D eigenvalue weighted by atomic mass is 33.1. The quantitative estimate of drug-likeness (QED) is 0.305. The maximum Gasteiger partial charge on any atom is 0.325 e. The lowest BCUT2D eigenvalue weighted by Gasteiger charge is -2.18. The molecular weight excluding hydrogens is 368 g/mol. The standard InChI is InChI=1S/C15H24N2O6S2/c1-9(15(22)23)16-14(21)11(8-13(19)20)17-12(18)5-3-2-4-10-6-7-24-25-10/h9-11H,2-8H2,1H3,(H,16,21)(H,17,18)(H,19,20)(H,22,23)/t9-,10+,11-/m0/s1. The Labute approximate surface area is 154 Å². The normalized spacial score (nSPS) is 19.0. The largest absolute Gasteiger partial charge is 0.481 e. The highest BCUT2D eigenvalue weighted by Gasteiger charge is 2.26. The fraction of sp³-hybridized carbons (Fsp3) is 0.733. The van der Waals surface area contributed by atoms with E-state index >= 15 is 0 Å². The Morgan fingerprint density at radius 1 is 1.16 bits per heavy atom. The number of aliphatic carboxylic acids is 2. The van der Waals surface area contributed by atoms with E-state index in [4.69, 9.17) is 10.2 Å². The SMILES string of the molecule is C[C@H](NC(=O)[C@H](CC(=O)O)NC(=O)CCCC[C@@H]1CCSS1)C(=O)O. The molecule has 8 nitrogen and oxygen atoms in total. The summed E-state index contributed by atoms with van der Waals surface area (Å²) in [6, 6.07) is -2.45. The van der Waals surface area contributed by atoms with Crippen LogP contribution in [0.2, 0.25) is 0 Å². The molecule has 1 aliphatic heterocycles. The fourth-order valence-electron chi connectivity index (χ4n) is 2.25. The molecule has 0 aromatic carbocycles. The Morgan fingerprint density at radius 2 is 1.88 bits per heavy atom. The number of amides is 2. The van der Waals surface area contributed by atoms with E-state index in [2.05, 4.69) is 10.6 Å². The van der Waals surface area contributed by atoms with E-state index in [1.54, 1.807) is 0 Å². The summed E-state index contributed by atoms with van der Waals surface area (Å²) in [4.78, 5) is 45.6. The highest BCUT2D eigenvalue weighted by Crippen LogP contribution is 2.39. The van der Waals surface area contributed by atoms with Crippen molar-refractivity contribution in [3.63, 3.8) is 0 Å². The predicted octanol–water partition coefficient (Wildman–Crippen LogP) is 1.25. The number of rotatable bonds is 11. The molecule has 0 unspecified atom stereocenters. The number of carboxylic acids is 2. The third kappa shape index (κ3) is 9.01. The van der Waals surface area contributed by atoms with Crippen LogP contribution in [0.3, 0.4) is 0 Å². The van der Waals surface area contributed by atoms with Gasteiger partial charge in [0.2, 0.25) is 11.8 Å². The summed E-state index contributed by atoms with van der Waals surface area (Å²) in [6.45, 7) is 1.26. The van der Waals surface area contributed by atoms with Gasteiger partial charge in [-0.05, 0) is 26.2 Å². The first kappa shape index (κ1) is 21.6. The average Bonchev–Trinajstić information content (AvgIpc) is 3.03. The first-order valence-electron chi connectivity index (χ1n) is 8.12. The molecule has 0 spiro atoms. The van der Waals surface area contributed by atoms with Crippen LogP contribution < -0.4 is 10.6 Å². The van der Waals surface area contributed by atoms with Crippen LogP contribution >= 0.6 is 21.6 Å². The number of carbonyl (C=O) groups is 4. The molecule has 25 heavy (non-hydrogen) atoms. The summed E-state index contributed by atoms with van der Waals surface area (Å²) >= 11 is 0. The monoisotopic (exact) mass is 392 g/mol. The van der Waals surface area contributed by atoms with Gasteiger partial charge in [0.1, 0.15) is 12.1 Å². The molecule has 1 aliphatic rings. The van der Waals surface area contributed by atoms with Crippen LogP contribution in [0.4, 0.5) is 0 Å². The molecule has 1 rings (SSSR count). The summed E-state index contributed by atoms with van der Waals surface area (Å²) in [5.41, 5.74) is 0.